The van der Waals surface area contributed by atoms with Crippen LogP contribution in [0.1, 0.15) is 12.0 Å². The fraction of sp³-hybridized carbons (Fsp3) is 0.688. The van der Waals surface area contributed by atoms with Crippen LogP contribution in [0.2, 0.25) is 0 Å². The largest absolute Gasteiger partial charge is 0.479 e. The molecule has 1 aromatic heterocycles. The molecule has 13 nitrogen and oxygen atoms in total. The normalized spacial score (nSPS) is 40.1. The van der Waals surface area contributed by atoms with E-state index in [1.807, 2.05) is 4.98 Å². The zero-order valence-electron chi connectivity index (χ0n) is 15.2. The van der Waals surface area contributed by atoms with E-state index in [4.69, 9.17) is 9.47 Å². The highest BCUT2D eigenvalue weighted by atomic mass is 16.6. The predicted octanol–water partition coefficient (Wildman–Crippen LogP) is -4.43. The molecule has 2 fully saturated rings. The second-order valence-corrected chi connectivity index (χ2v) is 7.18. The number of carbonyl (C=O) groups is 1. The summed E-state index contributed by atoms with van der Waals surface area (Å²) in [7, 11) is 0. The van der Waals surface area contributed by atoms with Gasteiger partial charge in [0.1, 0.15) is 30.5 Å². The first-order valence-electron chi connectivity index (χ1n) is 8.75. The maximum Gasteiger partial charge on any atom is 0.335 e. The number of aliphatic carboxylic acids is 1. The third-order valence-electron chi connectivity index (χ3n) is 5.30. The fourth-order valence-electron chi connectivity index (χ4n) is 3.76. The van der Waals surface area contributed by atoms with Gasteiger partial charge in [-0.15, -0.1) is 0 Å². The third kappa shape index (κ3) is 3.40. The van der Waals surface area contributed by atoms with Crippen molar-refractivity contribution in [3.63, 3.8) is 0 Å². The summed E-state index contributed by atoms with van der Waals surface area (Å²) in [4.78, 5) is 37.7. The number of ether oxygens (including phenoxy) is 2. The summed E-state index contributed by atoms with van der Waals surface area (Å²) in [6.07, 6.45) is -11.6. The first kappa shape index (κ1) is 21.6. The summed E-state index contributed by atoms with van der Waals surface area (Å²) >= 11 is 0. The molecule has 2 saturated heterocycles. The highest BCUT2D eigenvalue weighted by Crippen LogP contribution is 2.42. The first-order chi connectivity index (χ1) is 13.5. The predicted molar refractivity (Wildman–Crippen MR) is 90.9 cm³/mol. The third-order valence-corrected chi connectivity index (χ3v) is 5.30. The van der Waals surface area contributed by atoms with Crippen LogP contribution >= 0.6 is 0 Å². The number of H-pyrrole nitrogens is 1. The number of hydrogen-bond acceptors (Lipinski definition) is 10. The van der Waals surface area contributed by atoms with Crippen LogP contribution in [0.3, 0.4) is 0 Å². The van der Waals surface area contributed by atoms with Crippen molar-refractivity contribution in [3.8, 4) is 0 Å². The molecule has 1 aromatic rings. The molecule has 0 saturated carbocycles. The molecular formula is C16H22N2O11. The fourth-order valence-corrected chi connectivity index (χ4v) is 3.76. The van der Waals surface area contributed by atoms with Gasteiger partial charge in [-0.25, -0.2) is 9.59 Å². The average Bonchev–Trinajstić information content (AvgIpc) is 2.99. The van der Waals surface area contributed by atoms with E-state index in [0.29, 0.717) is 0 Å². The van der Waals surface area contributed by atoms with E-state index in [2.05, 4.69) is 0 Å². The molecule has 0 aliphatic carbocycles. The number of nitrogens with one attached hydrogen (secondary N) is 1. The van der Waals surface area contributed by atoms with E-state index >= 15 is 0 Å². The van der Waals surface area contributed by atoms with Crippen LogP contribution in [0.4, 0.5) is 0 Å². The Morgan fingerprint density at radius 2 is 1.90 bits per heavy atom. The lowest BCUT2D eigenvalue weighted by molar-refractivity contribution is -0.291. The Labute approximate surface area is 162 Å². The van der Waals surface area contributed by atoms with Gasteiger partial charge in [-0.1, -0.05) is 0 Å². The van der Waals surface area contributed by atoms with Crippen molar-refractivity contribution in [2.24, 2.45) is 0 Å². The Kier molecular flexibility index (Phi) is 5.66. The minimum absolute atomic E-state index is 0.0511. The van der Waals surface area contributed by atoms with Crippen LogP contribution in [0.5, 0.6) is 0 Å². The van der Waals surface area contributed by atoms with Crippen LogP contribution in [-0.2, 0) is 20.0 Å². The second kappa shape index (κ2) is 7.60. The minimum Gasteiger partial charge on any atom is -0.479 e. The Morgan fingerprint density at radius 1 is 1.24 bits per heavy atom. The highest BCUT2D eigenvalue weighted by molar-refractivity contribution is 5.73. The van der Waals surface area contributed by atoms with E-state index in [9.17, 15) is 45.0 Å². The van der Waals surface area contributed by atoms with Crippen molar-refractivity contribution in [2.75, 3.05) is 6.61 Å². The number of aliphatic hydroxyl groups is 5. The number of carboxylic acid groups (broad SMARTS) is 1. The number of aryl methyl sites for hydroxylation is 1. The van der Waals surface area contributed by atoms with Crippen LogP contribution in [0.15, 0.2) is 15.8 Å². The zero-order chi connectivity index (χ0) is 21.7. The van der Waals surface area contributed by atoms with Gasteiger partial charge in [0.15, 0.2) is 11.8 Å². The van der Waals surface area contributed by atoms with Crippen molar-refractivity contribution in [1.82, 2.24) is 9.55 Å². The molecule has 2 aliphatic heterocycles. The molecule has 0 amide bonds. The molecule has 7 N–H and O–H groups in total. The van der Waals surface area contributed by atoms with E-state index in [-0.39, 0.29) is 5.56 Å². The monoisotopic (exact) mass is 418 g/mol. The van der Waals surface area contributed by atoms with Gasteiger partial charge in [-0.05, 0) is 6.92 Å². The van der Waals surface area contributed by atoms with E-state index in [0.717, 1.165) is 10.8 Å². The number of aromatic nitrogens is 2. The van der Waals surface area contributed by atoms with Crippen molar-refractivity contribution in [3.05, 3.63) is 32.6 Å². The van der Waals surface area contributed by atoms with Crippen molar-refractivity contribution in [1.29, 1.82) is 0 Å². The van der Waals surface area contributed by atoms with Crippen molar-refractivity contribution >= 4 is 5.97 Å². The zero-order valence-corrected chi connectivity index (χ0v) is 15.2. The summed E-state index contributed by atoms with van der Waals surface area (Å²) in [5, 5.41) is 59.6. The number of nitrogens with zero attached hydrogens (tertiary/aromatic N) is 1. The number of hydrogen-bond donors (Lipinski definition) is 7. The maximum absolute atomic E-state index is 12.5. The average molecular weight is 418 g/mol. The molecule has 1 unspecified atom stereocenters. The molecule has 13 heteroatoms. The molecule has 3 rings (SSSR count). The summed E-state index contributed by atoms with van der Waals surface area (Å²) in [6.45, 7) is 0.685. The van der Waals surface area contributed by atoms with E-state index < -0.39 is 78.7 Å². The standard InChI is InChI=1S/C16H22N2O11/c1-5-3-18(15(27)17-13(5)24)16(2-6(20)7(4-19)29-16)12-10(23)8(21)9(22)11(28-12)14(25)26/h3,6-12,19-23H,2,4H2,1H3,(H,25,26)(H,17,24,27)/t6-,7+,8-,9-,10+,11-,12?,16-/m0/s1. The maximum atomic E-state index is 12.5. The Morgan fingerprint density at radius 3 is 2.45 bits per heavy atom. The van der Waals surface area contributed by atoms with Gasteiger partial charge in [-0.3, -0.25) is 14.3 Å². The van der Waals surface area contributed by atoms with E-state index in [1.165, 1.54) is 6.92 Å². The van der Waals surface area contributed by atoms with Crippen LogP contribution in [-0.4, -0.2) is 95.5 Å². The van der Waals surface area contributed by atoms with E-state index in [1.54, 1.807) is 0 Å². The van der Waals surface area contributed by atoms with Gasteiger partial charge in [0.25, 0.3) is 5.56 Å². The van der Waals surface area contributed by atoms with Gasteiger partial charge in [0, 0.05) is 18.2 Å². The molecule has 0 bridgehead atoms. The Bertz CT molecular complexity index is 898. The van der Waals surface area contributed by atoms with Crippen LogP contribution < -0.4 is 11.2 Å². The molecule has 0 aromatic carbocycles. The smallest absolute Gasteiger partial charge is 0.335 e. The lowest BCUT2D eigenvalue weighted by atomic mass is 9.87. The van der Waals surface area contributed by atoms with Crippen LogP contribution in [0.25, 0.3) is 0 Å². The highest BCUT2D eigenvalue weighted by Gasteiger charge is 2.61. The number of carboxylic acids is 1. The number of aromatic amines is 1. The Balaban J connectivity index is 2.19. The lowest BCUT2D eigenvalue weighted by Crippen LogP contribution is -2.67. The second-order valence-electron chi connectivity index (χ2n) is 7.18. The summed E-state index contributed by atoms with van der Waals surface area (Å²) in [5.74, 6) is -1.65. The van der Waals surface area contributed by atoms with Gasteiger partial charge in [0.05, 0.1) is 12.7 Å². The van der Waals surface area contributed by atoms with Gasteiger partial charge < -0.3 is 40.1 Å². The topological polar surface area (TPSA) is 212 Å². The van der Waals surface area contributed by atoms with Crippen LogP contribution in [0, 0.1) is 6.92 Å². The molecule has 0 spiro atoms. The van der Waals surface area contributed by atoms with Gasteiger partial charge in [0.2, 0.25) is 0 Å². The molecule has 3 heterocycles. The van der Waals surface area contributed by atoms with Gasteiger partial charge >= 0.3 is 11.7 Å². The molecule has 29 heavy (non-hydrogen) atoms. The summed E-state index contributed by atoms with van der Waals surface area (Å²) < 4.78 is 11.8. The summed E-state index contributed by atoms with van der Waals surface area (Å²) in [5.41, 5.74) is -3.78. The van der Waals surface area contributed by atoms with Gasteiger partial charge in [-0.2, -0.15) is 0 Å². The quantitative estimate of drug-likeness (QED) is 0.248. The lowest BCUT2D eigenvalue weighted by Gasteiger charge is -2.46. The molecular weight excluding hydrogens is 396 g/mol. The molecule has 0 radical (unpaired) electrons. The van der Waals surface area contributed by atoms with Crippen molar-refractivity contribution in [2.45, 2.75) is 61.8 Å². The minimum atomic E-state index is -2.10. The number of aliphatic hydroxyl groups excluding tert-OH is 5. The molecule has 2 aliphatic rings. The van der Waals surface area contributed by atoms with Crippen molar-refractivity contribution < 1.29 is 44.9 Å². The summed E-state index contributed by atoms with van der Waals surface area (Å²) in [6, 6.07) is 0. The first-order valence-corrected chi connectivity index (χ1v) is 8.75. The SMILES string of the molecule is Cc1cn([C@@]2(C3O[C@H](C(=O)O)[C@@H](O)[C@H](O)[C@H]3O)C[C@H](O)[C@@H](CO)O2)c(=O)[nH]c1=O. The number of rotatable bonds is 4. The molecule has 8 atom stereocenters. The molecule has 162 valence electrons. The Hall–Kier alpha value is -2.13.